The fourth-order valence-corrected chi connectivity index (χ4v) is 2.76. The molecule has 4 nitrogen and oxygen atoms in total. The molecule has 4 heteroatoms. The SMILES string of the molecule is COC(=O)c1ccc(N2CCNC[C@@H]2CC(C)C)cc1. The molecule has 1 aliphatic rings. The fourth-order valence-electron chi connectivity index (χ4n) is 2.76. The van der Waals surface area contributed by atoms with E-state index in [-0.39, 0.29) is 5.97 Å². The molecule has 20 heavy (non-hydrogen) atoms. The van der Waals surface area contributed by atoms with Crippen LogP contribution in [0.3, 0.4) is 0 Å². The number of benzene rings is 1. The van der Waals surface area contributed by atoms with Crippen LogP contribution < -0.4 is 10.2 Å². The van der Waals surface area contributed by atoms with E-state index in [1.807, 2.05) is 24.3 Å². The zero-order valence-corrected chi connectivity index (χ0v) is 12.6. The summed E-state index contributed by atoms with van der Waals surface area (Å²) < 4.78 is 4.73. The van der Waals surface area contributed by atoms with E-state index in [1.54, 1.807) is 0 Å². The standard InChI is InChI=1S/C16H24N2O2/c1-12(2)10-15-11-17-8-9-18(15)14-6-4-13(5-7-14)16(19)20-3/h4-7,12,15,17H,8-11H2,1-3H3/t15-/m0/s1. The van der Waals surface area contributed by atoms with E-state index < -0.39 is 0 Å². The maximum absolute atomic E-state index is 11.5. The minimum absolute atomic E-state index is 0.282. The van der Waals surface area contributed by atoms with E-state index in [9.17, 15) is 4.79 Å². The zero-order valence-electron chi connectivity index (χ0n) is 12.6. The highest BCUT2D eigenvalue weighted by Gasteiger charge is 2.23. The van der Waals surface area contributed by atoms with E-state index >= 15 is 0 Å². The first-order chi connectivity index (χ1) is 9.61. The van der Waals surface area contributed by atoms with E-state index in [0.29, 0.717) is 17.5 Å². The molecule has 0 unspecified atom stereocenters. The van der Waals surface area contributed by atoms with E-state index in [1.165, 1.54) is 19.2 Å². The maximum atomic E-state index is 11.5. The molecule has 1 N–H and O–H groups in total. The van der Waals surface area contributed by atoms with Crippen LogP contribution in [0.1, 0.15) is 30.6 Å². The molecule has 1 saturated heterocycles. The number of anilines is 1. The number of rotatable bonds is 4. The predicted octanol–water partition coefficient (Wildman–Crippen LogP) is 2.30. The lowest BCUT2D eigenvalue weighted by molar-refractivity contribution is 0.0601. The first-order valence-electron chi connectivity index (χ1n) is 7.27. The molecule has 110 valence electrons. The molecule has 1 heterocycles. The van der Waals surface area contributed by atoms with Gasteiger partial charge < -0.3 is 15.0 Å². The highest BCUT2D eigenvalue weighted by atomic mass is 16.5. The summed E-state index contributed by atoms with van der Waals surface area (Å²) in [5.74, 6) is 0.396. The Bertz CT molecular complexity index is 442. The van der Waals surface area contributed by atoms with Gasteiger partial charge in [-0.1, -0.05) is 13.8 Å². The number of carbonyl (C=O) groups excluding carboxylic acids is 1. The van der Waals surface area contributed by atoms with Gasteiger partial charge in [0.1, 0.15) is 0 Å². The van der Waals surface area contributed by atoms with Crippen molar-refractivity contribution in [2.24, 2.45) is 5.92 Å². The number of carbonyl (C=O) groups is 1. The summed E-state index contributed by atoms with van der Waals surface area (Å²) in [5.41, 5.74) is 1.79. The Morgan fingerprint density at radius 3 is 2.70 bits per heavy atom. The summed E-state index contributed by atoms with van der Waals surface area (Å²) in [6, 6.07) is 8.24. The first kappa shape index (κ1) is 14.9. The quantitative estimate of drug-likeness (QED) is 0.857. The average Bonchev–Trinajstić information content (AvgIpc) is 2.46. The monoisotopic (exact) mass is 276 g/mol. The molecule has 1 atom stereocenters. The molecule has 0 saturated carbocycles. The van der Waals surface area contributed by atoms with Crippen LogP contribution >= 0.6 is 0 Å². The second-order valence-electron chi connectivity index (χ2n) is 5.72. The average molecular weight is 276 g/mol. The van der Waals surface area contributed by atoms with Crippen LogP contribution in [-0.2, 0) is 4.74 Å². The van der Waals surface area contributed by atoms with Gasteiger partial charge in [-0.05, 0) is 36.6 Å². The lowest BCUT2D eigenvalue weighted by atomic mass is 10.00. The minimum Gasteiger partial charge on any atom is -0.465 e. The Kier molecular flexibility index (Phi) is 5.01. The van der Waals surface area contributed by atoms with Gasteiger partial charge in [0.15, 0.2) is 0 Å². The summed E-state index contributed by atoms with van der Waals surface area (Å²) in [4.78, 5) is 13.9. The molecule has 0 amide bonds. The van der Waals surface area contributed by atoms with Crippen LogP contribution in [-0.4, -0.2) is 38.8 Å². The second kappa shape index (κ2) is 6.75. The molecular weight excluding hydrogens is 252 g/mol. The van der Waals surface area contributed by atoms with Crippen LogP contribution in [0.2, 0.25) is 0 Å². The van der Waals surface area contributed by atoms with Crippen molar-refractivity contribution in [3.63, 3.8) is 0 Å². The highest BCUT2D eigenvalue weighted by Crippen LogP contribution is 2.22. The molecular formula is C16H24N2O2. The zero-order chi connectivity index (χ0) is 14.5. The number of hydrogen-bond acceptors (Lipinski definition) is 4. The van der Waals surface area contributed by atoms with Crippen LogP contribution in [0, 0.1) is 5.92 Å². The van der Waals surface area contributed by atoms with E-state index in [2.05, 4.69) is 24.1 Å². The van der Waals surface area contributed by atoms with Crippen molar-refractivity contribution in [3.8, 4) is 0 Å². The van der Waals surface area contributed by atoms with Gasteiger partial charge in [-0.3, -0.25) is 0 Å². The van der Waals surface area contributed by atoms with Gasteiger partial charge in [-0.25, -0.2) is 4.79 Å². The van der Waals surface area contributed by atoms with Crippen molar-refractivity contribution in [2.75, 3.05) is 31.6 Å². The van der Waals surface area contributed by atoms with Crippen molar-refractivity contribution in [1.29, 1.82) is 0 Å². The third-order valence-electron chi connectivity index (χ3n) is 3.71. The van der Waals surface area contributed by atoms with Gasteiger partial charge in [-0.15, -0.1) is 0 Å². The topological polar surface area (TPSA) is 41.6 Å². The van der Waals surface area contributed by atoms with Gasteiger partial charge in [0.25, 0.3) is 0 Å². The van der Waals surface area contributed by atoms with Crippen molar-refractivity contribution < 1.29 is 9.53 Å². The Labute approximate surface area is 121 Å². The number of piperazine rings is 1. The molecule has 0 spiro atoms. The third kappa shape index (κ3) is 3.51. The third-order valence-corrected chi connectivity index (χ3v) is 3.71. The van der Waals surface area contributed by atoms with Gasteiger partial charge in [-0.2, -0.15) is 0 Å². The van der Waals surface area contributed by atoms with Gasteiger partial charge in [0.2, 0.25) is 0 Å². The van der Waals surface area contributed by atoms with Crippen molar-refractivity contribution in [2.45, 2.75) is 26.3 Å². The number of ether oxygens (including phenoxy) is 1. The molecule has 1 aromatic carbocycles. The molecule has 1 aromatic rings. The molecule has 0 bridgehead atoms. The van der Waals surface area contributed by atoms with Crippen LogP contribution in [0.5, 0.6) is 0 Å². The second-order valence-corrected chi connectivity index (χ2v) is 5.72. The number of nitrogens with one attached hydrogen (secondary N) is 1. The van der Waals surface area contributed by atoms with Crippen LogP contribution in [0.25, 0.3) is 0 Å². The van der Waals surface area contributed by atoms with Gasteiger partial charge in [0.05, 0.1) is 12.7 Å². The minimum atomic E-state index is -0.282. The Balaban J connectivity index is 2.13. The Morgan fingerprint density at radius 1 is 1.40 bits per heavy atom. The summed E-state index contributed by atoms with van der Waals surface area (Å²) >= 11 is 0. The van der Waals surface area contributed by atoms with Crippen LogP contribution in [0.4, 0.5) is 5.69 Å². The Hall–Kier alpha value is -1.55. The summed E-state index contributed by atoms with van der Waals surface area (Å²) in [5, 5.41) is 3.46. The fraction of sp³-hybridized carbons (Fsp3) is 0.562. The molecule has 1 aliphatic heterocycles. The van der Waals surface area contributed by atoms with Crippen molar-refractivity contribution in [1.82, 2.24) is 5.32 Å². The number of methoxy groups -OCH3 is 1. The maximum Gasteiger partial charge on any atom is 0.337 e. The van der Waals surface area contributed by atoms with E-state index in [4.69, 9.17) is 4.74 Å². The first-order valence-corrected chi connectivity index (χ1v) is 7.27. The number of esters is 1. The van der Waals surface area contributed by atoms with Crippen LogP contribution in [0.15, 0.2) is 24.3 Å². The molecule has 0 aromatic heterocycles. The summed E-state index contributed by atoms with van der Waals surface area (Å²) in [7, 11) is 1.41. The van der Waals surface area contributed by atoms with Crippen molar-refractivity contribution >= 4 is 11.7 Å². The smallest absolute Gasteiger partial charge is 0.337 e. The largest absolute Gasteiger partial charge is 0.465 e. The molecule has 2 rings (SSSR count). The summed E-state index contributed by atoms with van der Waals surface area (Å²) in [6.07, 6.45) is 1.17. The van der Waals surface area contributed by atoms with Gasteiger partial charge in [0, 0.05) is 31.4 Å². The Morgan fingerprint density at radius 2 is 2.10 bits per heavy atom. The predicted molar refractivity (Wildman–Crippen MR) is 81.2 cm³/mol. The van der Waals surface area contributed by atoms with Gasteiger partial charge >= 0.3 is 5.97 Å². The number of nitrogens with zero attached hydrogens (tertiary/aromatic N) is 1. The molecule has 1 fully saturated rings. The lowest BCUT2D eigenvalue weighted by Crippen LogP contribution is -2.51. The molecule has 0 radical (unpaired) electrons. The number of hydrogen-bond donors (Lipinski definition) is 1. The lowest BCUT2D eigenvalue weighted by Gasteiger charge is -2.39. The molecule has 0 aliphatic carbocycles. The summed E-state index contributed by atoms with van der Waals surface area (Å²) in [6.45, 7) is 7.56. The van der Waals surface area contributed by atoms with E-state index in [0.717, 1.165) is 19.6 Å². The highest BCUT2D eigenvalue weighted by molar-refractivity contribution is 5.89. The normalized spacial score (nSPS) is 19.2. The van der Waals surface area contributed by atoms with Crippen molar-refractivity contribution in [3.05, 3.63) is 29.8 Å².